The number of ether oxygens (including phenoxy) is 1. The van der Waals surface area contributed by atoms with Crippen molar-refractivity contribution in [2.75, 3.05) is 18.1 Å². The zero-order chi connectivity index (χ0) is 10.8. The predicted octanol–water partition coefficient (Wildman–Crippen LogP) is 0.321. The molecule has 0 radical (unpaired) electrons. The lowest BCUT2D eigenvalue weighted by Gasteiger charge is -2.09. The van der Waals surface area contributed by atoms with Crippen LogP contribution in [0.3, 0.4) is 0 Å². The van der Waals surface area contributed by atoms with Crippen LogP contribution in [0, 0.1) is 5.82 Å². The number of hydrogen-bond acceptors (Lipinski definition) is 6. The Balaban J connectivity index is 2.13. The van der Waals surface area contributed by atoms with Crippen LogP contribution in [0.5, 0.6) is 0 Å². The molecule has 3 N–H and O–H groups in total. The number of hydrogen-bond donors (Lipinski definition) is 2. The lowest BCUT2D eigenvalue weighted by molar-refractivity contribution is 0.0301. The van der Waals surface area contributed by atoms with Crippen LogP contribution in [0.4, 0.5) is 10.2 Å². The van der Waals surface area contributed by atoms with Gasteiger partial charge in [0.05, 0.1) is 12.8 Å². The number of nitrogens with zero attached hydrogens (tertiary/aromatic N) is 2. The Bertz CT molecular complexity index is 366. The van der Waals surface area contributed by atoms with E-state index in [1.807, 2.05) is 0 Å². The molecule has 0 aliphatic carbocycles. The Kier molecular flexibility index (Phi) is 3.03. The Hall–Kier alpha value is -0.920. The summed E-state index contributed by atoms with van der Waals surface area (Å²) >= 11 is 1.47. The average molecular weight is 231 g/mol. The molecule has 82 valence electrons. The van der Waals surface area contributed by atoms with E-state index in [1.165, 1.54) is 11.8 Å². The smallest absolute Gasteiger partial charge is 0.183 e. The molecule has 7 heteroatoms. The van der Waals surface area contributed by atoms with E-state index < -0.39 is 5.82 Å². The molecule has 1 fully saturated rings. The summed E-state index contributed by atoms with van der Waals surface area (Å²) in [5, 5.41) is 8.86. The van der Waals surface area contributed by atoms with Gasteiger partial charge in [0.15, 0.2) is 17.5 Å². The molecule has 0 saturated carbocycles. The highest BCUT2D eigenvalue weighted by atomic mass is 32.2. The van der Waals surface area contributed by atoms with Crippen molar-refractivity contribution in [1.29, 1.82) is 0 Å². The van der Waals surface area contributed by atoms with Crippen LogP contribution in [0.25, 0.3) is 0 Å². The van der Waals surface area contributed by atoms with E-state index in [0.717, 1.165) is 6.20 Å². The lowest BCUT2D eigenvalue weighted by Crippen LogP contribution is -2.12. The fourth-order valence-electron chi connectivity index (χ4n) is 1.24. The molecule has 1 aromatic rings. The maximum atomic E-state index is 12.8. The van der Waals surface area contributed by atoms with Gasteiger partial charge in [-0.2, -0.15) is 0 Å². The van der Waals surface area contributed by atoms with Crippen LogP contribution in [0.2, 0.25) is 0 Å². The Morgan fingerprint density at radius 1 is 1.73 bits per heavy atom. The van der Waals surface area contributed by atoms with Crippen LogP contribution in [0.1, 0.15) is 11.9 Å². The number of aliphatic hydroxyl groups is 1. The minimum atomic E-state index is -0.636. The number of aliphatic hydroxyl groups excluding tert-OH is 1. The Morgan fingerprint density at radius 2 is 2.53 bits per heavy atom. The van der Waals surface area contributed by atoms with Gasteiger partial charge in [-0.05, 0) is 0 Å². The number of aromatic nitrogens is 2. The molecule has 1 aromatic heterocycles. The molecule has 5 nitrogen and oxygen atoms in total. The summed E-state index contributed by atoms with van der Waals surface area (Å²) in [6, 6.07) is 0. The predicted molar refractivity (Wildman–Crippen MR) is 53.6 cm³/mol. The molecule has 1 aliphatic rings. The minimum Gasteiger partial charge on any atom is -0.393 e. The van der Waals surface area contributed by atoms with Crippen molar-refractivity contribution in [3.8, 4) is 0 Å². The molecular weight excluding hydrogens is 221 g/mol. The minimum absolute atomic E-state index is 0.0577. The molecule has 0 spiro atoms. The average Bonchev–Trinajstić information content (AvgIpc) is 2.70. The van der Waals surface area contributed by atoms with Crippen LogP contribution >= 0.6 is 11.8 Å². The zero-order valence-corrected chi connectivity index (χ0v) is 8.58. The Labute approximate surface area is 89.9 Å². The molecule has 2 atom stereocenters. The van der Waals surface area contributed by atoms with Gasteiger partial charge >= 0.3 is 0 Å². The number of anilines is 1. The standard InChI is InChI=1S/C8H10FN3O2S/c9-4-1-11-8(12-7(4)10)5-3-15-6(2-13)14-5/h1,5-6,13H,2-3H2,(H2,10,11,12)/t5-,6+/m0/s1. The number of thioether (sulfide) groups is 1. The van der Waals surface area contributed by atoms with Gasteiger partial charge < -0.3 is 15.6 Å². The largest absolute Gasteiger partial charge is 0.393 e. The molecule has 2 rings (SSSR count). The van der Waals surface area contributed by atoms with Crippen LogP contribution in [-0.4, -0.2) is 32.9 Å². The summed E-state index contributed by atoms with van der Waals surface area (Å²) < 4.78 is 18.2. The van der Waals surface area contributed by atoms with Crippen molar-refractivity contribution in [3.63, 3.8) is 0 Å². The van der Waals surface area contributed by atoms with Crippen LogP contribution in [0.15, 0.2) is 6.20 Å². The first-order valence-corrected chi connectivity index (χ1v) is 5.41. The van der Waals surface area contributed by atoms with Crippen molar-refractivity contribution in [2.24, 2.45) is 0 Å². The molecule has 15 heavy (non-hydrogen) atoms. The molecule has 2 heterocycles. The summed E-state index contributed by atoms with van der Waals surface area (Å²) in [7, 11) is 0. The highest BCUT2D eigenvalue weighted by Gasteiger charge is 2.28. The van der Waals surface area contributed by atoms with Crippen molar-refractivity contribution in [2.45, 2.75) is 11.5 Å². The summed E-state index contributed by atoms with van der Waals surface area (Å²) in [6.45, 7) is -0.0577. The Morgan fingerprint density at radius 3 is 3.13 bits per heavy atom. The third-order valence-corrected chi connectivity index (χ3v) is 3.10. The first kappa shape index (κ1) is 10.6. The maximum absolute atomic E-state index is 12.8. The van der Waals surface area contributed by atoms with Gasteiger partial charge in [0.25, 0.3) is 0 Å². The number of nitrogen functional groups attached to an aromatic ring is 1. The maximum Gasteiger partial charge on any atom is 0.183 e. The normalized spacial score (nSPS) is 25.7. The second kappa shape index (κ2) is 4.30. The summed E-state index contributed by atoms with van der Waals surface area (Å²) in [5.74, 6) is 0.178. The van der Waals surface area contributed by atoms with Gasteiger partial charge in [-0.25, -0.2) is 14.4 Å². The molecule has 0 amide bonds. The molecule has 0 bridgehead atoms. The highest BCUT2D eigenvalue weighted by molar-refractivity contribution is 8.00. The van der Waals surface area contributed by atoms with E-state index >= 15 is 0 Å². The molecule has 0 aromatic carbocycles. The second-order valence-electron chi connectivity index (χ2n) is 3.03. The van der Waals surface area contributed by atoms with Gasteiger partial charge in [0, 0.05) is 5.75 Å². The highest BCUT2D eigenvalue weighted by Crippen LogP contribution is 2.33. The van der Waals surface area contributed by atoms with Crippen molar-refractivity contribution in [3.05, 3.63) is 17.8 Å². The molecule has 1 saturated heterocycles. The number of nitrogens with two attached hydrogens (primary N) is 1. The van der Waals surface area contributed by atoms with Crippen molar-refractivity contribution < 1.29 is 14.2 Å². The van der Waals surface area contributed by atoms with E-state index in [0.29, 0.717) is 11.6 Å². The van der Waals surface area contributed by atoms with Crippen LogP contribution in [-0.2, 0) is 4.74 Å². The fourth-order valence-corrected chi connectivity index (χ4v) is 2.17. The molecular formula is C8H10FN3O2S. The van der Waals surface area contributed by atoms with E-state index in [9.17, 15) is 4.39 Å². The summed E-state index contributed by atoms with van der Waals surface area (Å²) in [6.07, 6.45) is 0.702. The summed E-state index contributed by atoms with van der Waals surface area (Å²) in [4.78, 5) is 7.60. The van der Waals surface area contributed by atoms with Gasteiger partial charge in [-0.15, -0.1) is 11.8 Å². The van der Waals surface area contributed by atoms with E-state index in [1.54, 1.807) is 0 Å². The third-order valence-electron chi connectivity index (χ3n) is 1.98. The van der Waals surface area contributed by atoms with E-state index in [4.69, 9.17) is 15.6 Å². The second-order valence-corrected chi connectivity index (χ2v) is 4.22. The quantitative estimate of drug-likeness (QED) is 0.763. The van der Waals surface area contributed by atoms with Gasteiger partial charge in [0.2, 0.25) is 0 Å². The first-order valence-electron chi connectivity index (χ1n) is 4.36. The van der Waals surface area contributed by atoms with E-state index in [2.05, 4.69) is 9.97 Å². The van der Waals surface area contributed by atoms with Gasteiger partial charge in [-0.3, -0.25) is 0 Å². The van der Waals surface area contributed by atoms with Gasteiger partial charge in [-0.1, -0.05) is 0 Å². The molecule has 1 aliphatic heterocycles. The summed E-state index contributed by atoms with van der Waals surface area (Å²) in [5.41, 5.74) is 5.06. The zero-order valence-electron chi connectivity index (χ0n) is 7.76. The number of halogens is 1. The van der Waals surface area contributed by atoms with E-state index in [-0.39, 0.29) is 24.0 Å². The third kappa shape index (κ3) is 2.19. The monoisotopic (exact) mass is 231 g/mol. The van der Waals surface area contributed by atoms with Crippen molar-refractivity contribution in [1.82, 2.24) is 9.97 Å². The number of rotatable bonds is 2. The first-order chi connectivity index (χ1) is 7.20. The topological polar surface area (TPSA) is 81.3 Å². The van der Waals surface area contributed by atoms with Gasteiger partial charge in [0.1, 0.15) is 11.5 Å². The molecule has 0 unspecified atom stereocenters. The fraction of sp³-hybridized carbons (Fsp3) is 0.500. The van der Waals surface area contributed by atoms with Crippen molar-refractivity contribution >= 4 is 17.6 Å². The van der Waals surface area contributed by atoms with Crippen LogP contribution < -0.4 is 5.73 Å². The SMILES string of the molecule is Nc1nc([C@@H]2CS[C@H](CO)O2)ncc1F. The lowest BCUT2D eigenvalue weighted by atomic mass is 10.3.